The number of amides is 2. The lowest BCUT2D eigenvalue weighted by molar-refractivity contribution is -0.120. The van der Waals surface area contributed by atoms with Gasteiger partial charge in [0.1, 0.15) is 11.6 Å². The number of halogens is 1. The highest BCUT2D eigenvalue weighted by Gasteiger charge is 2.06. The summed E-state index contributed by atoms with van der Waals surface area (Å²) in [6.07, 6.45) is 0.312. The topological polar surface area (TPSA) is 71.1 Å². The third kappa shape index (κ3) is 5.86. The molecule has 2 amide bonds. The zero-order chi connectivity index (χ0) is 16.7. The monoisotopic (exact) mass is 315 g/mol. The van der Waals surface area contributed by atoms with Crippen molar-refractivity contribution in [3.63, 3.8) is 0 Å². The van der Waals surface area contributed by atoms with Crippen LogP contribution in [0.1, 0.15) is 17.7 Å². The molecule has 0 spiro atoms. The lowest BCUT2D eigenvalue weighted by Crippen LogP contribution is -2.29. The van der Waals surface area contributed by atoms with Gasteiger partial charge >= 0.3 is 0 Å². The van der Waals surface area contributed by atoms with Crippen LogP contribution in [0.5, 0.6) is 0 Å². The highest BCUT2D eigenvalue weighted by molar-refractivity contribution is 5.90. The molecule has 0 radical (unpaired) electrons. The van der Waals surface area contributed by atoms with Crippen molar-refractivity contribution in [1.29, 1.82) is 0 Å². The smallest absolute Gasteiger partial charge is 0.227 e. The van der Waals surface area contributed by atoms with Gasteiger partial charge in [-0.3, -0.25) is 9.59 Å². The van der Waals surface area contributed by atoms with Gasteiger partial charge in [0.15, 0.2) is 0 Å². The van der Waals surface area contributed by atoms with Gasteiger partial charge in [0.2, 0.25) is 11.8 Å². The summed E-state index contributed by atoms with van der Waals surface area (Å²) in [7, 11) is 0. The maximum absolute atomic E-state index is 12.8. The molecule has 0 aliphatic carbocycles. The number of hydrogen-bond acceptors (Lipinski definition) is 3. The lowest BCUT2D eigenvalue weighted by Gasteiger charge is -2.07. The Hall–Kier alpha value is -2.76. The second-order valence-corrected chi connectivity index (χ2v) is 5.12. The van der Waals surface area contributed by atoms with E-state index in [9.17, 15) is 14.0 Å². The molecular weight excluding hydrogens is 297 g/mol. The number of pyridine rings is 1. The number of aryl methyl sites for hydroxylation is 1. The van der Waals surface area contributed by atoms with Crippen molar-refractivity contribution in [2.45, 2.75) is 19.8 Å². The van der Waals surface area contributed by atoms with Crippen molar-refractivity contribution < 1.29 is 14.0 Å². The van der Waals surface area contributed by atoms with E-state index in [2.05, 4.69) is 15.6 Å². The maximum atomic E-state index is 12.8. The van der Waals surface area contributed by atoms with E-state index < -0.39 is 0 Å². The molecule has 0 fully saturated rings. The quantitative estimate of drug-likeness (QED) is 0.858. The van der Waals surface area contributed by atoms with Crippen molar-refractivity contribution in [3.05, 3.63) is 59.5 Å². The molecule has 2 N–H and O–H groups in total. The molecule has 0 atom stereocenters. The average molecular weight is 315 g/mol. The maximum Gasteiger partial charge on any atom is 0.227 e. The Balaban J connectivity index is 1.70. The molecule has 1 aromatic heterocycles. The Labute approximate surface area is 133 Å². The third-order valence-corrected chi connectivity index (χ3v) is 3.11. The molecule has 2 rings (SSSR count). The van der Waals surface area contributed by atoms with Crippen LogP contribution in [0.25, 0.3) is 0 Å². The molecular formula is C17H18FN3O2. The molecule has 1 heterocycles. The molecule has 120 valence electrons. The van der Waals surface area contributed by atoms with Gasteiger partial charge in [-0.25, -0.2) is 9.37 Å². The number of hydrogen-bond donors (Lipinski definition) is 2. The Bertz CT molecular complexity index is 686. The van der Waals surface area contributed by atoms with Crippen LogP contribution in [0.4, 0.5) is 10.2 Å². The van der Waals surface area contributed by atoms with E-state index in [1.165, 1.54) is 12.1 Å². The Morgan fingerprint density at radius 1 is 1.09 bits per heavy atom. The van der Waals surface area contributed by atoms with E-state index in [4.69, 9.17) is 0 Å². The standard InChI is InChI=1S/C17H18FN3O2/c1-12-3-2-4-15(20-12)21-16(22)9-10-19-17(23)11-13-5-7-14(18)8-6-13/h2-8H,9-11H2,1H3,(H,19,23)(H,20,21,22). The first-order valence-corrected chi connectivity index (χ1v) is 7.27. The summed E-state index contributed by atoms with van der Waals surface area (Å²) in [5.74, 6) is -0.272. The number of carbonyl (C=O) groups excluding carboxylic acids is 2. The number of anilines is 1. The third-order valence-electron chi connectivity index (χ3n) is 3.11. The first kappa shape index (κ1) is 16.6. The zero-order valence-corrected chi connectivity index (χ0v) is 12.8. The Morgan fingerprint density at radius 3 is 2.52 bits per heavy atom. The fourth-order valence-corrected chi connectivity index (χ4v) is 1.98. The van der Waals surface area contributed by atoms with E-state index in [0.717, 1.165) is 11.3 Å². The summed E-state index contributed by atoms with van der Waals surface area (Å²) in [5, 5.41) is 5.33. The lowest BCUT2D eigenvalue weighted by atomic mass is 10.1. The van der Waals surface area contributed by atoms with Crippen molar-refractivity contribution >= 4 is 17.6 Å². The summed E-state index contributed by atoms with van der Waals surface area (Å²) in [5.41, 5.74) is 1.53. The predicted molar refractivity (Wildman–Crippen MR) is 85.3 cm³/mol. The van der Waals surface area contributed by atoms with Crippen LogP contribution in [-0.4, -0.2) is 23.3 Å². The van der Waals surface area contributed by atoms with E-state index in [1.807, 2.05) is 19.1 Å². The second-order valence-electron chi connectivity index (χ2n) is 5.12. The minimum Gasteiger partial charge on any atom is -0.355 e. The summed E-state index contributed by atoms with van der Waals surface area (Å²) in [6, 6.07) is 11.1. The largest absolute Gasteiger partial charge is 0.355 e. The molecule has 1 aromatic carbocycles. The Morgan fingerprint density at radius 2 is 1.83 bits per heavy atom. The van der Waals surface area contributed by atoms with E-state index in [-0.39, 0.29) is 37.0 Å². The van der Waals surface area contributed by atoms with Crippen LogP contribution in [0.3, 0.4) is 0 Å². The first-order chi connectivity index (χ1) is 11.0. The van der Waals surface area contributed by atoms with Crippen molar-refractivity contribution in [2.75, 3.05) is 11.9 Å². The number of benzene rings is 1. The summed E-state index contributed by atoms with van der Waals surface area (Å²) in [6.45, 7) is 2.07. The number of nitrogens with one attached hydrogen (secondary N) is 2. The number of nitrogens with zero attached hydrogens (tertiary/aromatic N) is 1. The average Bonchev–Trinajstić information content (AvgIpc) is 2.49. The molecule has 0 saturated carbocycles. The summed E-state index contributed by atoms with van der Waals surface area (Å²) in [4.78, 5) is 27.7. The molecule has 6 heteroatoms. The first-order valence-electron chi connectivity index (χ1n) is 7.27. The normalized spacial score (nSPS) is 10.2. The van der Waals surface area contributed by atoms with Crippen LogP contribution in [0, 0.1) is 12.7 Å². The summed E-state index contributed by atoms with van der Waals surface area (Å²) < 4.78 is 12.8. The van der Waals surface area contributed by atoms with Gasteiger partial charge < -0.3 is 10.6 Å². The van der Waals surface area contributed by atoms with Gasteiger partial charge in [-0.1, -0.05) is 18.2 Å². The van der Waals surface area contributed by atoms with Crippen LogP contribution in [0.15, 0.2) is 42.5 Å². The van der Waals surface area contributed by atoms with Gasteiger partial charge in [-0.2, -0.15) is 0 Å². The van der Waals surface area contributed by atoms with Gasteiger partial charge in [0.05, 0.1) is 6.42 Å². The van der Waals surface area contributed by atoms with Crippen LogP contribution < -0.4 is 10.6 Å². The van der Waals surface area contributed by atoms with Crippen LogP contribution >= 0.6 is 0 Å². The van der Waals surface area contributed by atoms with Crippen molar-refractivity contribution in [2.24, 2.45) is 0 Å². The van der Waals surface area contributed by atoms with E-state index in [1.54, 1.807) is 18.2 Å². The summed E-state index contributed by atoms with van der Waals surface area (Å²) >= 11 is 0. The van der Waals surface area contributed by atoms with Gasteiger partial charge in [0.25, 0.3) is 0 Å². The van der Waals surface area contributed by atoms with Gasteiger partial charge in [0, 0.05) is 18.7 Å². The molecule has 0 unspecified atom stereocenters. The van der Waals surface area contributed by atoms with Crippen LogP contribution in [0.2, 0.25) is 0 Å². The highest BCUT2D eigenvalue weighted by Crippen LogP contribution is 2.05. The van der Waals surface area contributed by atoms with E-state index in [0.29, 0.717) is 5.82 Å². The predicted octanol–water partition coefficient (Wildman–Crippen LogP) is 2.22. The molecule has 23 heavy (non-hydrogen) atoms. The second kappa shape index (κ2) is 8.03. The molecule has 0 bridgehead atoms. The SMILES string of the molecule is Cc1cccc(NC(=O)CCNC(=O)Cc2ccc(F)cc2)n1. The molecule has 0 aliphatic rings. The number of aromatic nitrogens is 1. The fraction of sp³-hybridized carbons (Fsp3) is 0.235. The minimum absolute atomic E-state index is 0.154. The highest BCUT2D eigenvalue weighted by atomic mass is 19.1. The zero-order valence-electron chi connectivity index (χ0n) is 12.8. The van der Waals surface area contributed by atoms with Crippen LogP contribution in [-0.2, 0) is 16.0 Å². The van der Waals surface area contributed by atoms with Crippen molar-refractivity contribution in [3.8, 4) is 0 Å². The molecule has 0 saturated heterocycles. The van der Waals surface area contributed by atoms with Crippen molar-refractivity contribution in [1.82, 2.24) is 10.3 Å². The molecule has 0 aliphatic heterocycles. The number of rotatable bonds is 6. The number of carbonyl (C=O) groups is 2. The van der Waals surface area contributed by atoms with E-state index >= 15 is 0 Å². The van der Waals surface area contributed by atoms with Gasteiger partial charge in [-0.05, 0) is 36.8 Å². The van der Waals surface area contributed by atoms with Gasteiger partial charge in [-0.15, -0.1) is 0 Å². The molecule has 5 nitrogen and oxygen atoms in total. The Kier molecular flexibility index (Phi) is 5.80. The molecule has 2 aromatic rings. The minimum atomic E-state index is -0.337. The fourth-order valence-electron chi connectivity index (χ4n) is 1.98.